The number of rotatable bonds is 3. The average molecular weight is 310 g/mol. The lowest BCUT2D eigenvalue weighted by Gasteiger charge is -2.04. The van der Waals surface area contributed by atoms with E-state index in [1.54, 1.807) is 0 Å². The Balaban J connectivity index is 1.84. The summed E-state index contributed by atoms with van der Waals surface area (Å²) in [5.41, 5.74) is 2.67. The predicted octanol–water partition coefficient (Wildman–Crippen LogP) is 3.76. The Kier molecular flexibility index (Phi) is 3.41. The van der Waals surface area contributed by atoms with Gasteiger partial charge in [0, 0.05) is 5.38 Å². The van der Waals surface area contributed by atoms with Crippen LogP contribution in [0, 0.1) is 6.92 Å². The molecule has 0 saturated carbocycles. The zero-order chi connectivity index (χ0) is 13.2. The van der Waals surface area contributed by atoms with Crippen molar-refractivity contribution in [1.82, 2.24) is 19.8 Å². The van der Waals surface area contributed by atoms with Gasteiger partial charge in [0.05, 0.1) is 10.7 Å². The van der Waals surface area contributed by atoms with Crippen molar-refractivity contribution >= 4 is 45.3 Å². The van der Waals surface area contributed by atoms with E-state index in [0.717, 1.165) is 22.0 Å². The maximum absolute atomic E-state index is 6.16. The minimum Gasteiger partial charge on any atom is -0.329 e. The Morgan fingerprint density at radius 1 is 1.21 bits per heavy atom. The summed E-state index contributed by atoms with van der Waals surface area (Å²) in [7, 11) is 0. The number of aromatic nitrogens is 4. The second kappa shape index (κ2) is 5.20. The Morgan fingerprint density at radius 2 is 2.11 bits per heavy atom. The average Bonchev–Trinajstić information content (AvgIpc) is 3.03. The van der Waals surface area contributed by atoms with Gasteiger partial charge in [-0.2, -0.15) is 0 Å². The molecule has 3 rings (SSSR count). The smallest absolute Gasteiger partial charge is 0.210 e. The van der Waals surface area contributed by atoms with Crippen LogP contribution in [0.2, 0.25) is 5.02 Å². The molecule has 96 valence electrons. The van der Waals surface area contributed by atoms with Crippen LogP contribution in [0.5, 0.6) is 0 Å². The van der Waals surface area contributed by atoms with Crippen LogP contribution >= 0.6 is 34.5 Å². The SMILES string of the molecule is Cc1ccc(Nc2nnc(-c3csnn3)s2)c(Cl)c1. The molecule has 0 aliphatic heterocycles. The molecule has 0 aliphatic rings. The van der Waals surface area contributed by atoms with E-state index in [1.807, 2.05) is 30.5 Å². The molecule has 0 fully saturated rings. The van der Waals surface area contributed by atoms with Crippen LogP contribution in [0.3, 0.4) is 0 Å². The maximum atomic E-state index is 6.16. The zero-order valence-electron chi connectivity index (χ0n) is 9.79. The normalized spacial score (nSPS) is 10.6. The third-order valence-electron chi connectivity index (χ3n) is 2.37. The van der Waals surface area contributed by atoms with Crippen LogP contribution in [0.15, 0.2) is 23.6 Å². The first-order valence-corrected chi connectivity index (χ1v) is 7.39. The van der Waals surface area contributed by atoms with Crippen molar-refractivity contribution in [3.8, 4) is 10.7 Å². The fraction of sp³-hybridized carbons (Fsp3) is 0.0909. The van der Waals surface area contributed by atoms with Crippen molar-refractivity contribution in [2.45, 2.75) is 6.92 Å². The first-order valence-electron chi connectivity index (χ1n) is 5.36. The first kappa shape index (κ1) is 12.5. The highest BCUT2D eigenvalue weighted by atomic mass is 35.5. The predicted molar refractivity (Wildman–Crippen MR) is 78.3 cm³/mol. The van der Waals surface area contributed by atoms with E-state index in [1.165, 1.54) is 22.9 Å². The van der Waals surface area contributed by atoms with E-state index in [-0.39, 0.29) is 0 Å². The molecule has 0 atom stereocenters. The number of nitrogens with zero attached hydrogens (tertiary/aromatic N) is 4. The quantitative estimate of drug-likeness (QED) is 0.798. The molecule has 1 aromatic carbocycles. The van der Waals surface area contributed by atoms with Gasteiger partial charge in [0.2, 0.25) is 5.13 Å². The number of nitrogens with one attached hydrogen (secondary N) is 1. The van der Waals surface area contributed by atoms with Crippen molar-refractivity contribution in [3.05, 3.63) is 34.2 Å². The molecule has 1 N–H and O–H groups in total. The number of anilines is 2. The van der Waals surface area contributed by atoms with E-state index in [2.05, 4.69) is 25.1 Å². The maximum Gasteiger partial charge on any atom is 0.210 e. The molecule has 2 heterocycles. The Bertz CT molecular complexity index is 695. The lowest BCUT2D eigenvalue weighted by Crippen LogP contribution is -1.90. The van der Waals surface area contributed by atoms with Gasteiger partial charge < -0.3 is 5.32 Å². The van der Waals surface area contributed by atoms with Crippen molar-refractivity contribution in [2.75, 3.05) is 5.32 Å². The largest absolute Gasteiger partial charge is 0.329 e. The van der Waals surface area contributed by atoms with Crippen LogP contribution in [-0.2, 0) is 0 Å². The van der Waals surface area contributed by atoms with Crippen LogP contribution < -0.4 is 5.32 Å². The topological polar surface area (TPSA) is 63.6 Å². The van der Waals surface area contributed by atoms with Crippen molar-refractivity contribution < 1.29 is 0 Å². The molecule has 2 aromatic heterocycles. The van der Waals surface area contributed by atoms with Gasteiger partial charge in [-0.15, -0.1) is 15.3 Å². The van der Waals surface area contributed by atoms with Crippen molar-refractivity contribution in [3.63, 3.8) is 0 Å². The molecule has 0 amide bonds. The minimum absolute atomic E-state index is 0.659. The fourth-order valence-corrected chi connectivity index (χ4v) is 2.98. The lowest BCUT2D eigenvalue weighted by molar-refractivity contribution is 1.08. The van der Waals surface area contributed by atoms with E-state index < -0.39 is 0 Å². The molecule has 0 saturated heterocycles. The van der Waals surface area contributed by atoms with Crippen LogP contribution in [0.25, 0.3) is 10.7 Å². The van der Waals surface area contributed by atoms with Gasteiger partial charge in [0.15, 0.2) is 5.01 Å². The van der Waals surface area contributed by atoms with Crippen LogP contribution in [0.4, 0.5) is 10.8 Å². The van der Waals surface area contributed by atoms with Crippen molar-refractivity contribution in [2.24, 2.45) is 0 Å². The summed E-state index contributed by atoms with van der Waals surface area (Å²) in [5.74, 6) is 0. The number of hydrogen-bond acceptors (Lipinski definition) is 7. The van der Waals surface area contributed by atoms with Gasteiger partial charge in [0.1, 0.15) is 5.69 Å². The Morgan fingerprint density at radius 3 is 2.84 bits per heavy atom. The van der Waals surface area contributed by atoms with Gasteiger partial charge in [-0.25, -0.2) is 0 Å². The lowest BCUT2D eigenvalue weighted by atomic mass is 10.2. The number of benzene rings is 1. The first-order chi connectivity index (χ1) is 9.22. The molecule has 8 heteroatoms. The molecule has 0 bridgehead atoms. The molecule has 19 heavy (non-hydrogen) atoms. The monoisotopic (exact) mass is 309 g/mol. The summed E-state index contributed by atoms with van der Waals surface area (Å²) in [6, 6.07) is 5.81. The van der Waals surface area contributed by atoms with Crippen molar-refractivity contribution in [1.29, 1.82) is 0 Å². The van der Waals surface area contributed by atoms with Gasteiger partial charge in [-0.05, 0) is 36.2 Å². The van der Waals surface area contributed by atoms with Gasteiger partial charge in [-0.1, -0.05) is 33.5 Å². The summed E-state index contributed by atoms with van der Waals surface area (Å²) in [6.45, 7) is 1.99. The second-order valence-electron chi connectivity index (χ2n) is 3.81. The molecule has 5 nitrogen and oxygen atoms in total. The van der Waals surface area contributed by atoms with E-state index in [4.69, 9.17) is 11.6 Å². The zero-order valence-corrected chi connectivity index (χ0v) is 12.2. The summed E-state index contributed by atoms with van der Waals surface area (Å²) in [4.78, 5) is 0. The van der Waals surface area contributed by atoms with Gasteiger partial charge in [-0.3, -0.25) is 0 Å². The number of halogens is 1. The summed E-state index contributed by atoms with van der Waals surface area (Å²) in [6.07, 6.45) is 0. The number of hydrogen-bond donors (Lipinski definition) is 1. The van der Waals surface area contributed by atoms with E-state index >= 15 is 0 Å². The molecule has 0 aliphatic carbocycles. The van der Waals surface area contributed by atoms with Gasteiger partial charge >= 0.3 is 0 Å². The highest BCUT2D eigenvalue weighted by Gasteiger charge is 2.10. The molecular formula is C11H8ClN5S2. The Labute approximate surface area is 122 Å². The molecular weight excluding hydrogens is 302 g/mol. The molecule has 3 aromatic rings. The number of aryl methyl sites for hydroxylation is 1. The second-order valence-corrected chi connectivity index (χ2v) is 5.81. The Hall–Kier alpha value is -1.57. The third kappa shape index (κ3) is 2.73. The molecule has 0 unspecified atom stereocenters. The fourth-order valence-electron chi connectivity index (χ4n) is 1.47. The highest BCUT2D eigenvalue weighted by Crippen LogP contribution is 2.30. The summed E-state index contributed by atoms with van der Waals surface area (Å²) < 4.78 is 3.80. The summed E-state index contributed by atoms with van der Waals surface area (Å²) >= 11 is 8.86. The van der Waals surface area contributed by atoms with Crippen LogP contribution in [-0.4, -0.2) is 19.8 Å². The molecule has 0 radical (unpaired) electrons. The van der Waals surface area contributed by atoms with E-state index in [9.17, 15) is 0 Å². The van der Waals surface area contributed by atoms with Crippen LogP contribution in [0.1, 0.15) is 5.56 Å². The standard InChI is InChI=1S/C11H8ClN5S2/c1-6-2-3-8(7(12)4-6)13-11-16-15-10(19-11)9-5-18-17-14-9/h2-5H,1H3,(H,13,16). The third-order valence-corrected chi connectivity index (χ3v) is 4.05. The van der Waals surface area contributed by atoms with E-state index in [0.29, 0.717) is 10.2 Å². The van der Waals surface area contributed by atoms with Gasteiger partial charge in [0.25, 0.3) is 0 Å². The highest BCUT2D eigenvalue weighted by molar-refractivity contribution is 7.18. The summed E-state index contributed by atoms with van der Waals surface area (Å²) in [5, 5.41) is 19.2. The minimum atomic E-state index is 0.659. The molecule has 0 spiro atoms.